The molecule has 2 N–H and O–H groups in total. The molecule has 1 aromatic rings. The van der Waals surface area contributed by atoms with Crippen LogP contribution in [-0.4, -0.2) is 23.7 Å². The Kier molecular flexibility index (Phi) is 4.91. The first-order chi connectivity index (χ1) is 8.34. The lowest BCUT2D eigenvalue weighted by molar-refractivity contribution is -0.125. The van der Waals surface area contributed by atoms with Crippen molar-refractivity contribution in [1.82, 2.24) is 5.32 Å². The van der Waals surface area contributed by atoms with E-state index in [1.54, 1.807) is 6.92 Å². The van der Waals surface area contributed by atoms with Crippen LogP contribution in [0.15, 0.2) is 24.3 Å². The highest BCUT2D eigenvalue weighted by Crippen LogP contribution is 2.23. The minimum absolute atomic E-state index is 0.00740. The molecule has 3 nitrogen and oxygen atoms in total. The van der Waals surface area contributed by atoms with Crippen molar-refractivity contribution in [1.29, 1.82) is 0 Å². The molecule has 0 aliphatic rings. The summed E-state index contributed by atoms with van der Waals surface area (Å²) in [5, 5.41) is 12.0. The van der Waals surface area contributed by atoms with Gasteiger partial charge < -0.3 is 10.4 Å². The Hall–Kier alpha value is -1.35. The van der Waals surface area contributed by atoms with Gasteiger partial charge in [0, 0.05) is 6.54 Å². The molecule has 0 heterocycles. The van der Waals surface area contributed by atoms with E-state index in [4.69, 9.17) is 5.11 Å². The molecule has 0 aliphatic carbocycles. The van der Waals surface area contributed by atoms with Crippen molar-refractivity contribution in [3.8, 4) is 0 Å². The number of hydrogen-bond acceptors (Lipinski definition) is 2. The summed E-state index contributed by atoms with van der Waals surface area (Å²) in [7, 11) is 0. The van der Waals surface area contributed by atoms with Gasteiger partial charge in [0.05, 0.1) is 11.5 Å². The van der Waals surface area contributed by atoms with Crippen LogP contribution in [0.1, 0.15) is 38.3 Å². The Morgan fingerprint density at radius 3 is 2.39 bits per heavy atom. The molecule has 0 aromatic heterocycles. The maximum absolute atomic E-state index is 12.1. The predicted molar refractivity (Wildman–Crippen MR) is 73.5 cm³/mol. The number of amides is 1. The molecule has 1 rings (SSSR count). The molecule has 0 aliphatic heterocycles. The fourth-order valence-electron chi connectivity index (χ4n) is 1.72. The van der Waals surface area contributed by atoms with E-state index in [0.717, 1.165) is 5.56 Å². The Bertz CT molecular complexity index is 393. The zero-order chi connectivity index (χ0) is 13.8. The van der Waals surface area contributed by atoms with Crippen molar-refractivity contribution in [3.05, 3.63) is 35.4 Å². The van der Waals surface area contributed by atoms with E-state index in [1.807, 2.05) is 45.0 Å². The van der Waals surface area contributed by atoms with Gasteiger partial charge in [0.1, 0.15) is 0 Å². The second-order valence-corrected chi connectivity index (χ2v) is 5.38. The molecule has 0 spiro atoms. The van der Waals surface area contributed by atoms with Gasteiger partial charge in [-0.15, -0.1) is 0 Å². The molecule has 1 unspecified atom stereocenters. The quantitative estimate of drug-likeness (QED) is 0.840. The number of rotatable bonds is 5. The lowest BCUT2D eigenvalue weighted by Gasteiger charge is -2.24. The number of carbonyl (C=O) groups is 1. The smallest absolute Gasteiger partial charge is 0.230 e. The number of benzene rings is 1. The maximum atomic E-state index is 12.1. The first kappa shape index (κ1) is 14.7. The summed E-state index contributed by atoms with van der Waals surface area (Å²) in [6.45, 7) is 8.08. The third-order valence-electron chi connectivity index (χ3n) is 3.19. The maximum Gasteiger partial charge on any atom is 0.230 e. The molecule has 1 amide bonds. The molecule has 18 heavy (non-hydrogen) atoms. The Labute approximate surface area is 109 Å². The molecule has 100 valence electrons. The second kappa shape index (κ2) is 6.01. The fraction of sp³-hybridized carbons (Fsp3) is 0.533. The molecule has 1 atom stereocenters. The zero-order valence-corrected chi connectivity index (χ0v) is 11.7. The van der Waals surface area contributed by atoms with Gasteiger partial charge in [-0.2, -0.15) is 0 Å². The van der Waals surface area contributed by atoms with Gasteiger partial charge in [-0.3, -0.25) is 4.79 Å². The molecule has 0 saturated heterocycles. The first-order valence-corrected chi connectivity index (χ1v) is 6.37. The minimum Gasteiger partial charge on any atom is -0.393 e. The normalized spacial score (nSPS) is 13.2. The van der Waals surface area contributed by atoms with Gasteiger partial charge in [-0.25, -0.2) is 0 Å². The van der Waals surface area contributed by atoms with Crippen LogP contribution in [0.4, 0.5) is 0 Å². The Morgan fingerprint density at radius 2 is 1.89 bits per heavy atom. The van der Waals surface area contributed by atoms with Crippen LogP contribution in [0, 0.1) is 6.92 Å². The average Bonchev–Trinajstić information content (AvgIpc) is 2.28. The summed E-state index contributed by atoms with van der Waals surface area (Å²) in [5.41, 5.74) is 1.64. The van der Waals surface area contributed by atoms with Gasteiger partial charge in [-0.1, -0.05) is 29.8 Å². The Balaban J connectivity index is 2.67. The van der Waals surface area contributed by atoms with Crippen LogP contribution in [0.25, 0.3) is 0 Å². The monoisotopic (exact) mass is 249 g/mol. The predicted octanol–water partition coefficient (Wildman–Crippen LogP) is 2.16. The highest BCUT2D eigenvalue weighted by Gasteiger charge is 2.29. The fourth-order valence-corrected chi connectivity index (χ4v) is 1.72. The summed E-state index contributed by atoms with van der Waals surface area (Å²) < 4.78 is 0. The topological polar surface area (TPSA) is 49.3 Å². The molecule has 0 radical (unpaired) electrons. The van der Waals surface area contributed by atoms with Crippen molar-refractivity contribution in [3.63, 3.8) is 0 Å². The average molecular weight is 249 g/mol. The van der Waals surface area contributed by atoms with Crippen LogP contribution in [0.2, 0.25) is 0 Å². The Morgan fingerprint density at radius 1 is 1.33 bits per heavy atom. The lowest BCUT2D eigenvalue weighted by atomic mass is 9.83. The number of nitrogens with one attached hydrogen (secondary N) is 1. The third-order valence-corrected chi connectivity index (χ3v) is 3.19. The molecule has 3 heteroatoms. The van der Waals surface area contributed by atoms with E-state index < -0.39 is 5.41 Å². The summed E-state index contributed by atoms with van der Waals surface area (Å²) >= 11 is 0. The standard InChI is InChI=1S/C15H23NO2/c1-11-5-7-13(8-6-11)15(3,4)14(18)16-10-9-12(2)17/h5-8,12,17H,9-10H2,1-4H3,(H,16,18). The number of carbonyl (C=O) groups excluding carboxylic acids is 1. The largest absolute Gasteiger partial charge is 0.393 e. The van der Waals surface area contributed by atoms with Crippen molar-refractivity contribution < 1.29 is 9.90 Å². The van der Waals surface area contributed by atoms with Crippen molar-refractivity contribution in [2.24, 2.45) is 0 Å². The van der Waals surface area contributed by atoms with Gasteiger partial charge in [0.25, 0.3) is 0 Å². The number of aliphatic hydroxyl groups excluding tert-OH is 1. The first-order valence-electron chi connectivity index (χ1n) is 6.37. The van der Waals surface area contributed by atoms with Crippen molar-refractivity contribution >= 4 is 5.91 Å². The van der Waals surface area contributed by atoms with Crippen molar-refractivity contribution in [2.75, 3.05) is 6.54 Å². The summed E-state index contributed by atoms with van der Waals surface area (Å²) in [4.78, 5) is 12.1. The van der Waals surface area contributed by atoms with E-state index in [0.29, 0.717) is 13.0 Å². The van der Waals surface area contributed by atoms with E-state index in [2.05, 4.69) is 5.32 Å². The van der Waals surface area contributed by atoms with E-state index in [9.17, 15) is 4.79 Å². The summed E-state index contributed by atoms with van der Waals surface area (Å²) in [6, 6.07) is 8.01. The van der Waals surface area contributed by atoms with E-state index in [-0.39, 0.29) is 12.0 Å². The van der Waals surface area contributed by atoms with Crippen LogP contribution in [-0.2, 0) is 10.2 Å². The molecular formula is C15H23NO2. The van der Waals surface area contributed by atoms with Crippen LogP contribution in [0.3, 0.4) is 0 Å². The molecule has 1 aromatic carbocycles. The van der Waals surface area contributed by atoms with E-state index in [1.165, 1.54) is 5.56 Å². The number of hydrogen-bond donors (Lipinski definition) is 2. The van der Waals surface area contributed by atoms with Crippen LogP contribution < -0.4 is 5.32 Å². The lowest BCUT2D eigenvalue weighted by Crippen LogP contribution is -2.41. The van der Waals surface area contributed by atoms with E-state index >= 15 is 0 Å². The molecule has 0 saturated carbocycles. The van der Waals surface area contributed by atoms with Crippen LogP contribution in [0.5, 0.6) is 0 Å². The molecular weight excluding hydrogens is 226 g/mol. The third kappa shape index (κ3) is 3.84. The van der Waals surface area contributed by atoms with Gasteiger partial charge in [0.15, 0.2) is 0 Å². The van der Waals surface area contributed by atoms with Gasteiger partial charge in [-0.05, 0) is 39.7 Å². The molecule has 0 fully saturated rings. The summed E-state index contributed by atoms with van der Waals surface area (Å²) in [6.07, 6.45) is 0.197. The number of aryl methyl sites for hydroxylation is 1. The highest BCUT2D eigenvalue weighted by atomic mass is 16.3. The van der Waals surface area contributed by atoms with Crippen LogP contribution >= 0.6 is 0 Å². The minimum atomic E-state index is -0.549. The van der Waals surface area contributed by atoms with Crippen molar-refractivity contribution in [2.45, 2.75) is 45.6 Å². The summed E-state index contributed by atoms with van der Waals surface area (Å²) in [5.74, 6) is -0.00740. The molecule has 0 bridgehead atoms. The number of aliphatic hydroxyl groups is 1. The van der Waals surface area contributed by atoms with Gasteiger partial charge >= 0.3 is 0 Å². The van der Waals surface area contributed by atoms with Gasteiger partial charge in [0.2, 0.25) is 5.91 Å². The zero-order valence-electron chi connectivity index (χ0n) is 11.7. The highest BCUT2D eigenvalue weighted by molar-refractivity contribution is 5.87. The second-order valence-electron chi connectivity index (χ2n) is 5.38. The SMILES string of the molecule is Cc1ccc(C(C)(C)C(=O)NCCC(C)O)cc1.